The third kappa shape index (κ3) is 3.84. The minimum absolute atomic E-state index is 0. The molecule has 2 fully saturated rings. The second kappa shape index (κ2) is 8.11. The van der Waals surface area contributed by atoms with Crippen molar-refractivity contribution in [3.63, 3.8) is 0 Å². The number of likely N-dealkylation sites (tertiary alicyclic amines) is 1. The predicted octanol–water partition coefficient (Wildman–Crippen LogP) is 2.80. The van der Waals surface area contributed by atoms with Gasteiger partial charge in [0.05, 0.1) is 0 Å². The van der Waals surface area contributed by atoms with Gasteiger partial charge in [-0.05, 0) is 36.2 Å². The van der Waals surface area contributed by atoms with Crippen LogP contribution in [0.1, 0.15) is 34.7 Å². The van der Waals surface area contributed by atoms with E-state index in [0.29, 0.717) is 25.1 Å². The summed E-state index contributed by atoms with van der Waals surface area (Å²) in [7, 11) is 0. The Balaban J connectivity index is 0.00000210. The smallest absolute Gasteiger partial charge is 0.253 e. The van der Waals surface area contributed by atoms with Gasteiger partial charge in [-0.25, -0.2) is 0 Å². The monoisotopic (exact) mass is 385 g/mol. The lowest BCUT2D eigenvalue weighted by Crippen LogP contribution is -2.32. The van der Waals surface area contributed by atoms with Crippen molar-refractivity contribution >= 4 is 29.9 Å². The third-order valence-electron chi connectivity index (χ3n) is 5.38. The molecule has 0 aliphatic carbocycles. The van der Waals surface area contributed by atoms with Crippen LogP contribution in [0.3, 0.4) is 0 Å². The van der Waals surface area contributed by atoms with Crippen LogP contribution in [0.4, 0.5) is 5.69 Å². The zero-order valence-electron chi connectivity index (χ0n) is 15.1. The van der Waals surface area contributed by atoms with Crippen molar-refractivity contribution in [3.8, 4) is 0 Å². The summed E-state index contributed by atoms with van der Waals surface area (Å²) < 4.78 is 0. The zero-order valence-corrected chi connectivity index (χ0v) is 15.9. The summed E-state index contributed by atoms with van der Waals surface area (Å²) in [6.07, 6.45) is 1.50. The lowest BCUT2D eigenvalue weighted by atomic mass is 9.95. The van der Waals surface area contributed by atoms with Gasteiger partial charge in [-0.1, -0.05) is 30.3 Å². The molecule has 5 nitrogen and oxygen atoms in total. The Bertz CT molecular complexity index is 810. The summed E-state index contributed by atoms with van der Waals surface area (Å²) >= 11 is 0. The number of nitrogens with two attached hydrogens (primary N) is 1. The molecule has 2 aliphatic heterocycles. The highest BCUT2D eigenvalue weighted by Crippen LogP contribution is 2.28. The molecule has 0 unspecified atom stereocenters. The maximum absolute atomic E-state index is 12.9. The molecule has 0 spiro atoms. The molecule has 6 heteroatoms. The fraction of sp³-hybridized carbons (Fsp3) is 0.333. The summed E-state index contributed by atoms with van der Waals surface area (Å²) in [5.74, 6) is 0.320. The Labute approximate surface area is 165 Å². The Hall–Kier alpha value is -2.37. The molecular weight excluding hydrogens is 362 g/mol. The molecule has 2 aliphatic rings. The average Bonchev–Trinajstić information content (AvgIpc) is 3.28. The molecule has 4 rings (SSSR count). The molecule has 2 saturated heterocycles. The van der Waals surface area contributed by atoms with Crippen LogP contribution < -0.4 is 10.6 Å². The number of anilines is 1. The summed E-state index contributed by atoms with van der Waals surface area (Å²) in [6.45, 7) is 1.95. The van der Waals surface area contributed by atoms with Crippen LogP contribution in [-0.4, -0.2) is 42.4 Å². The van der Waals surface area contributed by atoms with Gasteiger partial charge in [-0.15, -0.1) is 12.4 Å². The summed E-state index contributed by atoms with van der Waals surface area (Å²) in [4.78, 5) is 28.3. The van der Waals surface area contributed by atoms with Gasteiger partial charge in [-0.2, -0.15) is 0 Å². The number of carbonyl (C=O) groups excluding carboxylic acids is 2. The van der Waals surface area contributed by atoms with Crippen molar-refractivity contribution in [1.82, 2.24) is 4.90 Å². The number of rotatable bonds is 3. The highest BCUT2D eigenvalue weighted by atomic mass is 35.5. The largest absolute Gasteiger partial charge is 0.336 e. The van der Waals surface area contributed by atoms with Crippen molar-refractivity contribution < 1.29 is 9.59 Å². The molecule has 0 aromatic heterocycles. The summed E-state index contributed by atoms with van der Waals surface area (Å²) in [5, 5.41) is 0. The number of nitrogens with zero attached hydrogens (tertiary/aromatic N) is 2. The normalized spacial score (nSPS) is 22.0. The minimum atomic E-state index is -0.0529. The number of hydrogen-bond acceptors (Lipinski definition) is 3. The van der Waals surface area contributed by atoms with E-state index in [2.05, 4.69) is 12.1 Å². The highest BCUT2D eigenvalue weighted by Gasteiger charge is 2.34. The van der Waals surface area contributed by atoms with E-state index in [0.717, 1.165) is 18.7 Å². The van der Waals surface area contributed by atoms with Crippen LogP contribution >= 0.6 is 12.4 Å². The van der Waals surface area contributed by atoms with Gasteiger partial charge in [-0.3, -0.25) is 9.59 Å². The van der Waals surface area contributed by atoms with Crippen LogP contribution in [0.5, 0.6) is 0 Å². The van der Waals surface area contributed by atoms with Gasteiger partial charge >= 0.3 is 0 Å². The lowest BCUT2D eigenvalue weighted by Gasteiger charge is -2.18. The van der Waals surface area contributed by atoms with Crippen molar-refractivity contribution in [2.45, 2.75) is 24.8 Å². The SMILES string of the molecule is Cl.N[C@@H]1CN(C(=O)c2ccc(N3CCCC3=O)cc2)C[C@H]1c1ccccc1. The Kier molecular flexibility index (Phi) is 5.82. The van der Waals surface area contributed by atoms with Crippen molar-refractivity contribution in [2.75, 3.05) is 24.5 Å². The molecule has 2 aromatic carbocycles. The maximum Gasteiger partial charge on any atom is 0.253 e. The molecule has 0 saturated carbocycles. The predicted molar refractivity (Wildman–Crippen MR) is 108 cm³/mol. The van der Waals surface area contributed by atoms with Gasteiger partial charge in [0, 0.05) is 49.3 Å². The molecular formula is C21H24ClN3O2. The van der Waals surface area contributed by atoms with Crippen molar-refractivity contribution in [2.24, 2.45) is 5.73 Å². The van der Waals surface area contributed by atoms with E-state index in [1.54, 1.807) is 4.90 Å². The average molecular weight is 386 g/mol. The van der Waals surface area contributed by atoms with Crippen LogP contribution in [0.15, 0.2) is 54.6 Å². The van der Waals surface area contributed by atoms with Gasteiger partial charge in [0.15, 0.2) is 0 Å². The minimum Gasteiger partial charge on any atom is -0.336 e. The first kappa shape index (κ1) is 19.4. The number of amides is 2. The number of hydrogen-bond donors (Lipinski definition) is 1. The third-order valence-corrected chi connectivity index (χ3v) is 5.38. The first-order chi connectivity index (χ1) is 12.6. The Morgan fingerprint density at radius 2 is 1.70 bits per heavy atom. The van der Waals surface area contributed by atoms with Gasteiger partial charge in [0.2, 0.25) is 5.91 Å². The van der Waals surface area contributed by atoms with Gasteiger partial charge in [0.1, 0.15) is 0 Å². The fourth-order valence-corrected chi connectivity index (χ4v) is 3.94. The Morgan fingerprint density at radius 3 is 2.33 bits per heavy atom. The molecule has 27 heavy (non-hydrogen) atoms. The van der Waals surface area contributed by atoms with Crippen LogP contribution in [0, 0.1) is 0 Å². The molecule has 2 heterocycles. The summed E-state index contributed by atoms with van der Waals surface area (Å²) in [5.41, 5.74) is 8.99. The maximum atomic E-state index is 12.9. The fourth-order valence-electron chi connectivity index (χ4n) is 3.94. The molecule has 0 radical (unpaired) electrons. The lowest BCUT2D eigenvalue weighted by molar-refractivity contribution is -0.117. The van der Waals surface area contributed by atoms with E-state index < -0.39 is 0 Å². The molecule has 142 valence electrons. The molecule has 2 N–H and O–H groups in total. The molecule has 2 atom stereocenters. The number of carbonyl (C=O) groups is 2. The van der Waals surface area contributed by atoms with Crippen LogP contribution in [-0.2, 0) is 4.79 Å². The first-order valence-corrected chi connectivity index (χ1v) is 9.14. The van der Waals surface area contributed by atoms with Crippen molar-refractivity contribution in [1.29, 1.82) is 0 Å². The van der Waals surface area contributed by atoms with Gasteiger partial charge in [0.25, 0.3) is 5.91 Å². The van der Waals surface area contributed by atoms with E-state index in [4.69, 9.17) is 5.73 Å². The zero-order chi connectivity index (χ0) is 18.1. The van der Waals surface area contributed by atoms with E-state index >= 15 is 0 Å². The number of benzene rings is 2. The van der Waals surface area contributed by atoms with Crippen LogP contribution in [0.25, 0.3) is 0 Å². The molecule has 2 amide bonds. The first-order valence-electron chi connectivity index (χ1n) is 9.14. The Morgan fingerprint density at radius 1 is 1.00 bits per heavy atom. The highest BCUT2D eigenvalue weighted by molar-refractivity contribution is 5.97. The van der Waals surface area contributed by atoms with Crippen LogP contribution in [0.2, 0.25) is 0 Å². The standard InChI is InChI=1S/C21H23N3O2.ClH/c22-19-14-23(13-18(19)15-5-2-1-3-6-15)21(26)16-8-10-17(11-9-16)24-12-4-7-20(24)25;/h1-3,5-6,8-11,18-19H,4,7,12-14,22H2;1H/t18-,19+;/m0./s1. The quantitative estimate of drug-likeness (QED) is 0.883. The van der Waals surface area contributed by atoms with E-state index in [9.17, 15) is 9.59 Å². The second-order valence-electron chi connectivity index (χ2n) is 7.09. The van der Waals surface area contributed by atoms with Gasteiger partial charge < -0.3 is 15.5 Å². The van der Waals surface area contributed by atoms with E-state index in [1.807, 2.05) is 47.4 Å². The van der Waals surface area contributed by atoms with E-state index in [1.165, 1.54) is 5.56 Å². The molecule has 0 bridgehead atoms. The second-order valence-corrected chi connectivity index (χ2v) is 7.09. The summed E-state index contributed by atoms with van der Waals surface area (Å²) in [6, 6.07) is 17.4. The van der Waals surface area contributed by atoms with Crippen molar-refractivity contribution in [3.05, 3.63) is 65.7 Å². The van der Waals surface area contributed by atoms with E-state index in [-0.39, 0.29) is 36.2 Å². The number of halogens is 1. The molecule has 2 aromatic rings. The topological polar surface area (TPSA) is 66.6 Å².